The normalized spacial score (nSPS) is 23.1. The van der Waals surface area contributed by atoms with Crippen molar-refractivity contribution < 1.29 is 9.59 Å². The fourth-order valence-electron chi connectivity index (χ4n) is 3.80. The zero-order valence-electron chi connectivity index (χ0n) is 14.5. The summed E-state index contributed by atoms with van der Waals surface area (Å²) in [5.41, 5.74) is 1.92. The van der Waals surface area contributed by atoms with Crippen molar-refractivity contribution in [1.82, 2.24) is 20.1 Å². The lowest BCUT2D eigenvalue weighted by Gasteiger charge is -2.47. The molecule has 6 heteroatoms. The van der Waals surface area contributed by atoms with Crippen molar-refractivity contribution in [3.8, 4) is 0 Å². The van der Waals surface area contributed by atoms with Gasteiger partial charge in [-0.15, -0.1) is 0 Å². The summed E-state index contributed by atoms with van der Waals surface area (Å²) in [6, 6.07) is 13.0. The van der Waals surface area contributed by atoms with Crippen LogP contribution in [-0.4, -0.2) is 45.4 Å². The van der Waals surface area contributed by atoms with Crippen LogP contribution in [0.3, 0.4) is 0 Å². The van der Waals surface area contributed by atoms with Gasteiger partial charge >= 0.3 is 6.03 Å². The molecule has 4 rings (SSSR count). The first-order chi connectivity index (χ1) is 12.7. The monoisotopic (exact) mass is 350 g/mol. The molecule has 2 atom stereocenters. The molecule has 1 aromatic carbocycles. The molecule has 2 aromatic rings. The Labute approximate surface area is 152 Å². The number of benzene rings is 1. The lowest BCUT2D eigenvalue weighted by Crippen LogP contribution is -2.68. The Morgan fingerprint density at radius 1 is 1.04 bits per heavy atom. The molecule has 0 aliphatic carbocycles. The van der Waals surface area contributed by atoms with E-state index in [1.807, 2.05) is 47.4 Å². The minimum Gasteiger partial charge on any atom is -0.315 e. The predicted molar refractivity (Wildman–Crippen MR) is 97.0 cm³/mol. The summed E-state index contributed by atoms with van der Waals surface area (Å²) in [4.78, 5) is 33.5. The highest BCUT2D eigenvalue weighted by atomic mass is 16.2. The zero-order valence-corrected chi connectivity index (χ0v) is 14.5. The summed E-state index contributed by atoms with van der Waals surface area (Å²) in [7, 11) is 0. The number of hydrogen-bond donors (Lipinski definition) is 1. The Morgan fingerprint density at radius 3 is 2.62 bits per heavy atom. The molecule has 0 radical (unpaired) electrons. The topological polar surface area (TPSA) is 65.5 Å². The quantitative estimate of drug-likeness (QED) is 0.918. The molecule has 2 aliphatic heterocycles. The Morgan fingerprint density at radius 2 is 1.85 bits per heavy atom. The zero-order chi connectivity index (χ0) is 17.9. The first kappa shape index (κ1) is 16.7. The van der Waals surface area contributed by atoms with Crippen molar-refractivity contribution in [1.29, 1.82) is 0 Å². The largest absolute Gasteiger partial charge is 0.327 e. The Balaban J connectivity index is 1.62. The van der Waals surface area contributed by atoms with E-state index >= 15 is 0 Å². The van der Waals surface area contributed by atoms with Crippen molar-refractivity contribution >= 4 is 11.9 Å². The molecular formula is C20H22N4O2. The van der Waals surface area contributed by atoms with Gasteiger partial charge in [0, 0.05) is 18.9 Å². The van der Waals surface area contributed by atoms with Crippen molar-refractivity contribution in [3.63, 3.8) is 0 Å². The average Bonchev–Trinajstić information content (AvgIpc) is 2.70. The van der Waals surface area contributed by atoms with E-state index < -0.39 is 0 Å². The molecule has 134 valence electrons. The van der Waals surface area contributed by atoms with E-state index in [-0.39, 0.29) is 30.6 Å². The van der Waals surface area contributed by atoms with Gasteiger partial charge in [0.15, 0.2) is 0 Å². The van der Waals surface area contributed by atoms with Crippen LogP contribution in [-0.2, 0) is 17.9 Å². The third-order valence-electron chi connectivity index (χ3n) is 5.09. The molecule has 6 nitrogen and oxygen atoms in total. The average molecular weight is 350 g/mol. The van der Waals surface area contributed by atoms with Gasteiger partial charge in [-0.1, -0.05) is 36.4 Å². The number of nitrogens with zero attached hydrogens (tertiary/aromatic N) is 3. The van der Waals surface area contributed by atoms with E-state index in [0.717, 1.165) is 30.5 Å². The lowest BCUT2D eigenvalue weighted by molar-refractivity contribution is -0.137. The molecule has 3 heterocycles. The number of imide groups is 1. The molecule has 2 saturated heterocycles. The molecule has 26 heavy (non-hydrogen) atoms. The SMILES string of the molecule is O=C1C2NCCCC2N(Cc2ccccc2)C(=O)N1Cc1cccnc1. The maximum atomic E-state index is 13.2. The summed E-state index contributed by atoms with van der Waals surface area (Å²) in [6.45, 7) is 1.57. The molecule has 3 amide bonds. The van der Waals surface area contributed by atoms with Gasteiger partial charge in [0.05, 0.1) is 12.6 Å². The van der Waals surface area contributed by atoms with Crippen LogP contribution in [0.1, 0.15) is 24.0 Å². The van der Waals surface area contributed by atoms with Gasteiger partial charge in [0.25, 0.3) is 0 Å². The number of rotatable bonds is 4. The second kappa shape index (κ2) is 7.25. The summed E-state index contributed by atoms with van der Waals surface area (Å²) in [6.07, 6.45) is 5.20. The van der Waals surface area contributed by atoms with E-state index in [9.17, 15) is 9.59 Å². The summed E-state index contributed by atoms with van der Waals surface area (Å²) in [5, 5.41) is 3.32. The number of hydrogen-bond acceptors (Lipinski definition) is 4. The van der Waals surface area contributed by atoms with Crippen LogP contribution < -0.4 is 5.32 Å². The second-order valence-corrected chi connectivity index (χ2v) is 6.82. The highest BCUT2D eigenvalue weighted by molar-refractivity contribution is 6.00. The van der Waals surface area contributed by atoms with Gasteiger partial charge in [-0.25, -0.2) is 4.79 Å². The molecule has 2 unspecified atom stereocenters. The van der Waals surface area contributed by atoms with E-state index in [1.54, 1.807) is 12.4 Å². The van der Waals surface area contributed by atoms with Crippen molar-refractivity contribution in [2.45, 2.75) is 38.0 Å². The molecule has 1 aromatic heterocycles. The lowest BCUT2D eigenvalue weighted by atomic mass is 9.93. The highest BCUT2D eigenvalue weighted by Gasteiger charge is 2.46. The maximum Gasteiger partial charge on any atom is 0.327 e. The predicted octanol–water partition coefficient (Wildman–Crippen LogP) is 2.17. The van der Waals surface area contributed by atoms with E-state index in [1.165, 1.54) is 4.90 Å². The Hall–Kier alpha value is -2.73. The number of nitrogens with one attached hydrogen (secondary N) is 1. The first-order valence-electron chi connectivity index (χ1n) is 9.02. The first-order valence-corrected chi connectivity index (χ1v) is 9.02. The van der Waals surface area contributed by atoms with Crippen LogP contribution in [0.5, 0.6) is 0 Å². The molecule has 2 aliphatic rings. The van der Waals surface area contributed by atoms with E-state index in [0.29, 0.717) is 6.54 Å². The smallest absolute Gasteiger partial charge is 0.315 e. The van der Waals surface area contributed by atoms with Gasteiger partial charge in [-0.05, 0) is 36.6 Å². The number of urea groups is 1. The number of carbonyl (C=O) groups excluding carboxylic acids is 2. The van der Waals surface area contributed by atoms with Crippen LogP contribution in [0.25, 0.3) is 0 Å². The standard InChI is InChI=1S/C20H22N4O2/c25-19-18-17(9-5-11-22-18)23(13-15-6-2-1-3-7-15)20(26)24(19)14-16-8-4-10-21-12-16/h1-4,6-8,10,12,17-18,22H,5,9,11,13-14H2. The Bertz CT molecular complexity index is 781. The van der Waals surface area contributed by atoms with Crippen molar-refractivity contribution in [3.05, 3.63) is 66.0 Å². The molecular weight excluding hydrogens is 328 g/mol. The Kier molecular flexibility index (Phi) is 4.67. The van der Waals surface area contributed by atoms with Gasteiger partial charge in [-0.2, -0.15) is 0 Å². The fraction of sp³-hybridized carbons (Fsp3) is 0.350. The molecule has 0 saturated carbocycles. The summed E-state index contributed by atoms with van der Waals surface area (Å²) < 4.78 is 0. The van der Waals surface area contributed by atoms with Gasteiger partial charge < -0.3 is 10.2 Å². The van der Waals surface area contributed by atoms with Crippen LogP contribution in [0, 0.1) is 0 Å². The molecule has 0 bridgehead atoms. The minimum absolute atomic E-state index is 0.0888. The van der Waals surface area contributed by atoms with Crippen LogP contribution in [0.15, 0.2) is 54.9 Å². The molecule has 0 spiro atoms. The van der Waals surface area contributed by atoms with Gasteiger partial charge in [-0.3, -0.25) is 14.7 Å². The van der Waals surface area contributed by atoms with Crippen molar-refractivity contribution in [2.75, 3.05) is 6.54 Å². The highest BCUT2D eigenvalue weighted by Crippen LogP contribution is 2.27. The van der Waals surface area contributed by atoms with Crippen LogP contribution >= 0.6 is 0 Å². The van der Waals surface area contributed by atoms with Crippen LogP contribution in [0.4, 0.5) is 4.79 Å². The van der Waals surface area contributed by atoms with Crippen LogP contribution in [0.2, 0.25) is 0 Å². The molecule has 1 N–H and O–H groups in total. The van der Waals surface area contributed by atoms with E-state index in [4.69, 9.17) is 0 Å². The number of pyridine rings is 1. The summed E-state index contributed by atoms with van der Waals surface area (Å²) >= 11 is 0. The number of piperidine rings is 1. The van der Waals surface area contributed by atoms with Gasteiger partial charge in [0.2, 0.25) is 5.91 Å². The summed E-state index contributed by atoms with van der Waals surface area (Å²) in [5.74, 6) is -0.132. The number of carbonyl (C=O) groups is 2. The number of amides is 3. The fourth-order valence-corrected chi connectivity index (χ4v) is 3.80. The van der Waals surface area contributed by atoms with E-state index in [2.05, 4.69) is 10.3 Å². The maximum absolute atomic E-state index is 13.2. The third kappa shape index (κ3) is 3.20. The number of aromatic nitrogens is 1. The van der Waals surface area contributed by atoms with Crippen molar-refractivity contribution in [2.24, 2.45) is 0 Å². The number of fused-ring (bicyclic) bond motifs is 1. The second-order valence-electron chi connectivity index (χ2n) is 6.82. The third-order valence-corrected chi connectivity index (χ3v) is 5.09. The minimum atomic E-state index is -0.332. The molecule has 2 fully saturated rings. The van der Waals surface area contributed by atoms with Gasteiger partial charge in [0.1, 0.15) is 6.04 Å².